The third-order valence-electron chi connectivity index (χ3n) is 3.97. The first kappa shape index (κ1) is 19.9. The number of carbonyl (C=O) groups excluding carboxylic acids is 3. The van der Waals surface area contributed by atoms with E-state index in [-0.39, 0.29) is 11.5 Å². The zero-order valence-electron chi connectivity index (χ0n) is 16.1. The van der Waals surface area contributed by atoms with Gasteiger partial charge in [0.25, 0.3) is 11.7 Å². The highest BCUT2D eigenvalue weighted by atomic mass is 16.7. The van der Waals surface area contributed by atoms with Gasteiger partial charge in [-0.1, -0.05) is 6.07 Å². The van der Waals surface area contributed by atoms with E-state index in [0.717, 1.165) is 0 Å². The van der Waals surface area contributed by atoms with E-state index in [9.17, 15) is 14.4 Å². The smallest absolute Gasteiger partial charge is 0.350 e. The summed E-state index contributed by atoms with van der Waals surface area (Å²) in [5.74, 6) is -2.50. The quantitative estimate of drug-likeness (QED) is 0.455. The van der Waals surface area contributed by atoms with Crippen molar-refractivity contribution in [2.45, 2.75) is 19.6 Å². The normalized spacial score (nSPS) is 15.1. The molecule has 0 aliphatic carbocycles. The van der Waals surface area contributed by atoms with Crippen LogP contribution in [-0.2, 0) is 19.1 Å². The van der Waals surface area contributed by atoms with Gasteiger partial charge in [0.05, 0.1) is 7.11 Å². The number of nitrogens with one attached hydrogen (secondary N) is 2. The second-order valence-electron chi connectivity index (χ2n) is 6.64. The number of amides is 1. The number of hydrogen-bond acceptors (Lipinski definition) is 7. The lowest BCUT2D eigenvalue weighted by Gasteiger charge is -2.29. The molecule has 2 aromatic carbocycles. The Bertz CT molecular complexity index is 957. The lowest BCUT2D eigenvalue weighted by molar-refractivity contribution is -0.222. The summed E-state index contributed by atoms with van der Waals surface area (Å²) >= 11 is 0. The molecule has 1 heterocycles. The van der Waals surface area contributed by atoms with Crippen molar-refractivity contribution in [2.75, 3.05) is 17.7 Å². The summed E-state index contributed by atoms with van der Waals surface area (Å²) in [6.07, 6.45) is 1.19. The first-order chi connectivity index (χ1) is 13.8. The molecule has 8 heteroatoms. The second kappa shape index (κ2) is 8.05. The summed E-state index contributed by atoms with van der Waals surface area (Å²) in [5.41, 5.74) is 1.24. The molecule has 0 saturated carbocycles. The minimum Gasteiger partial charge on any atom is -0.497 e. The molecule has 0 aromatic heterocycles. The molecule has 0 radical (unpaired) electrons. The number of anilines is 2. The molecular formula is C21H20N2O6. The largest absolute Gasteiger partial charge is 0.497 e. The molecule has 0 bridgehead atoms. The number of rotatable bonds is 5. The van der Waals surface area contributed by atoms with Gasteiger partial charge in [0.1, 0.15) is 5.75 Å². The molecule has 8 nitrogen and oxygen atoms in total. The monoisotopic (exact) mass is 396 g/mol. The van der Waals surface area contributed by atoms with Crippen LogP contribution in [0.4, 0.5) is 11.4 Å². The maximum atomic E-state index is 12.5. The number of hydrogen-bond donors (Lipinski definition) is 2. The topological polar surface area (TPSA) is 103 Å². The molecule has 0 spiro atoms. The fourth-order valence-corrected chi connectivity index (χ4v) is 2.56. The third-order valence-corrected chi connectivity index (χ3v) is 3.97. The van der Waals surface area contributed by atoms with E-state index < -0.39 is 17.7 Å². The average molecular weight is 396 g/mol. The van der Waals surface area contributed by atoms with Crippen molar-refractivity contribution in [2.24, 2.45) is 0 Å². The Balaban J connectivity index is 1.69. The summed E-state index contributed by atoms with van der Waals surface area (Å²) in [5, 5.41) is 5.60. The van der Waals surface area contributed by atoms with Gasteiger partial charge in [-0.3, -0.25) is 4.79 Å². The molecule has 2 N–H and O–H groups in total. The zero-order chi connectivity index (χ0) is 21.0. The molecule has 0 atom stereocenters. The van der Waals surface area contributed by atoms with Crippen LogP contribution in [0, 0.1) is 0 Å². The first-order valence-corrected chi connectivity index (χ1v) is 8.76. The lowest BCUT2D eigenvalue weighted by atomic mass is 10.1. The van der Waals surface area contributed by atoms with E-state index in [1.165, 1.54) is 20.0 Å². The Morgan fingerprint density at radius 3 is 2.28 bits per heavy atom. The van der Waals surface area contributed by atoms with Crippen LogP contribution >= 0.6 is 0 Å². The standard InChI is InChI=1S/C21H20N2O6/c1-21(2)28-19(25)17(20(26)29-21)12-22-15-6-4-5-13(11-15)18(24)23-14-7-9-16(27-3)10-8-14/h4-12,22H,1-3H3,(H,23,24). The Morgan fingerprint density at radius 2 is 1.66 bits per heavy atom. The Kier molecular flexibility index (Phi) is 5.54. The van der Waals surface area contributed by atoms with Gasteiger partial charge in [0, 0.05) is 37.0 Å². The van der Waals surface area contributed by atoms with Crippen LogP contribution in [0.25, 0.3) is 0 Å². The van der Waals surface area contributed by atoms with Crippen LogP contribution in [0.15, 0.2) is 60.3 Å². The van der Waals surface area contributed by atoms with E-state index in [1.54, 1.807) is 55.6 Å². The molecular weight excluding hydrogens is 376 g/mol. The van der Waals surface area contributed by atoms with Gasteiger partial charge in [-0.15, -0.1) is 0 Å². The zero-order valence-corrected chi connectivity index (χ0v) is 16.1. The molecule has 1 amide bonds. The number of benzene rings is 2. The van der Waals surface area contributed by atoms with Crippen molar-refractivity contribution < 1.29 is 28.6 Å². The van der Waals surface area contributed by atoms with Crippen LogP contribution in [0.3, 0.4) is 0 Å². The van der Waals surface area contributed by atoms with Crippen molar-refractivity contribution in [1.29, 1.82) is 0 Å². The fraction of sp³-hybridized carbons (Fsp3) is 0.190. The summed E-state index contributed by atoms with van der Waals surface area (Å²) in [4.78, 5) is 36.4. The third kappa shape index (κ3) is 4.92. The van der Waals surface area contributed by atoms with Crippen molar-refractivity contribution in [3.63, 3.8) is 0 Å². The number of methoxy groups -OCH3 is 1. The number of cyclic esters (lactones) is 2. The highest BCUT2D eigenvalue weighted by Crippen LogP contribution is 2.23. The van der Waals surface area contributed by atoms with Crippen LogP contribution < -0.4 is 15.4 Å². The van der Waals surface area contributed by atoms with E-state index in [0.29, 0.717) is 22.7 Å². The summed E-state index contributed by atoms with van der Waals surface area (Å²) in [7, 11) is 1.56. The first-order valence-electron chi connectivity index (χ1n) is 8.76. The van der Waals surface area contributed by atoms with Crippen LogP contribution in [0.1, 0.15) is 24.2 Å². The fourth-order valence-electron chi connectivity index (χ4n) is 2.56. The van der Waals surface area contributed by atoms with Crippen molar-refractivity contribution in [3.8, 4) is 5.75 Å². The molecule has 1 fully saturated rings. The van der Waals surface area contributed by atoms with Crippen molar-refractivity contribution in [3.05, 3.63) is 65.9 Å². The minimum absolute atomic E-state index is 0.266. The predicted octanol–water partition coefficient (Wildman–Crippen LogP) is 3.08. The summed E-state index contributed by atoms with van der Waals surface area (Å²) in [6, 6.07) is 13.5. The molecule has 1 aliphatic heterocycles. The van der Waals surface area contributed by atoms with Gasteiger partial charge in [-0.2, -0.15) is 0 Å². The number of ether oxygens (including phenoxy) is 3. The Labute approximate surface area is 167 Å². The average Bonchev–Trinajstić information content (AvgIpc) is 2.67. The summed E-state index contributed by atoms with van der Waals surface area (Å²) in [6.45, 7) is 2.94. The molecule has 1 aliphatic rings. The molecule has 3 rings (SSSR count). The van der Waals surface area contributed by atoms with Crippen LogP contribution in [-0.4, -0.2) is 30.7 Å². The van der Waals surface area contributed by atoms with Gasteiger partial charge in [0.2, 0.25) is 0 Å². The van der Waals surface area contributed by atoms with Gasteiger partial charge in [0.15, 0.2) is 5.57 Å². The van der Waals surface area contributed by atoms with Crippen molar-refractivity contribution in [1.82, 2.24) is 0 Å². The SMILES string of the molecule is COc1ccc(NC(=O)c2cccc(NC=C3C(=O)OC(C)(C)OC3=O)c2)cc1. The van der Waals surface area contributed by atoms with Gasteiger partial charge in [-0.25, -0.2) is 9.59 Å². The van der Waals surface area contributed by atoms with E-state index in [4.69, 9.17) is 14.2 Å². The molecule has 29 heavy (non-hydrogen) atoms. The predicted molar refractivity (Wildman–Crippen MR) is 105 cm³/mol. The van der Waals surface area contributed by atoms with Crippen LogP contribution in [0.2, 0.25) is 0 Å². The molecule has 1 saturated heterocycles. The maximum Gasteiger partial charge on any atom is 0.350 e. The number of esters is 2. The lowest BCUT2D eigenvalue weighted by Crippen LogP contribution is -2.42. The summed E-state index contributed by atoms with van der Waals surface area (Å²) < 4.78 is 15.1. The molecule has 150 valence electrons. The van der Waals surface area contributed by atoms with E-state index in [2.05, 4.69) is 10.6 Å². The van der Waals surface area contributed by atoms with Gasteiger partial charge >= 0.3 is 11.9 Å². The Morgan fingerprint density at radius 1 is 1.00 bits per heavy atom. The minimum atomic E-state index is -1.30. The molecule has 2 aromatic rings. The van der Waals surface area contributed by atoms with E-state index >= 15 is 0 Å². The van der Waals surface area contributed by atoms with Crippen LogP contribution in [0.5, 0.6) is 5.75 Å². The van der Waals surface area contributed by atoms with Gasteiger partial charge in [-0.05, 0) is 42.5 Å². The van der Waals surface area contributed by atoms with E-state index in [1.807, 2.05) is 0 Å². The highest BCUT2D eigenvalue weighted by molar-refractivity contribution is 6.15. The highest BCUT2D eigenvalue weighted by Gasteiger charge is 2.38. The van der Waals surface area contributed by atoms with Crippen molar-refractivity contribution >= 4 is 29.2 Å². The Hall–Kier alpha value is -3.81. The number of carbonyl (C=O) groups is 3. The molecule has 0 unspecified atom stereocenters. The van der Waals surface area contributed by atoms with Gasteiger partial charge < -0.3 is 24.8 Å². The maximum absolute atomic E-state index is 12.5. The second-order valence-corrected chi connectivity index (χ2v) is 6.64.